The molecule has 0 bridgehead atoms. The van der Waals surface area contributed by atoms with E-state index in [0.29, 0.717) is 18.7 Å². The second kappa shape index (κ2) is 9.65. The van der Waals surface area contributed by atoms with Gasteiger partial charge in [0.05, 0.1) is 0 Å². The third-order valence-electron chi connectivity index (χ3n) is 5.78. The predicted molar refractivity (Wildman–Crippen MR) is 133 cm³/mol. The van der Waals surface area contributed by atoms with Crippen LogP contribution in [0, 0.1) is 6.92 Å². The van der Waals surface area contributed by atoms with Crippen LogP contribution in [0.5, 0.6) is 0 Å². The zero-order valence-corrected chi connectivity index (χ0v) is 18.9. The van der Waals surface area contributed by atoms with Gasteiger partial charge in [0.25, 0.3) is 5.56 Å². The number of H-pyrrole nitrogens is 1. The molecule has 4 rings (SSSR count). The van der Waals surface area contributed by atoms with Gasteiger partial charge in [-0.1, -0.05) is 24.3 Å². The molecule has 7 heteroatoms. The van der Waals surface area contributed by atoms with Crippen molar-refractivity contribution in [2.24, 2.45) is 0 Å². The topological polar surface area (TPSA) is 105 Å². The fourth-order valence-electron chi connectivity index (χ4n) is 3.96. The molecule has 170 valence electrons. The number of nitrogens with one attached hydrogen (secondary N) is 3. The Kier molecular flexibility index (Phi) is 6.49. The Morgan fingerprint density at radius 1 is 1.12 bits per heavy atom. The van der Waals surface area contributed by atoms with Crippen LogP contribution in [0.15, 0.2) is 71.7 Å². The molecule has 0 spiro atoms. The van der Waals surface area contributed by atoms with E-state index in [1.807, 2.05) is 74.6 Å². The van der Waals surface area contributed by atoms with Gasteiger partial charge in [0.2, 0.25) is 5.91 Å². The maximum Gasteiger partial charge on any atom is 0.274 e. The number of nitrogens with zero attached hydrogens (tertiary/aromatic N) is 1. The summed E-state index contributed by atoms with van der Waals surface area (Å²) in [4.78, 5) is 28.8. The monoisotopic (exact) mass is 443 g/mol. The van der Waals surface area contributed by atoms with E-state index in [1.54, 1.807) is 6.07 Å². The van der Waals surface area contributed by atoms with Crippen molar-refractivity contribution in [3.05, 3.63) is 94.0 Å². The van der Waals surface area contributed by atoms with Crippen molar-refractivity contribution >= 4 is 28.2 Å². The van der Waals surface area contributed by atoms with Gasteiger partial charge >= 0.3 is 0 Å². The normalized spacial score (nSPS) is 11.9. The summed E-state index contributed by atoms with van der Waals surface area (Å²) in [5, 5.41) is 7.29. The number of amides is 1. The van der Waals surface area contributed by atoms with Crippen LogP contribution >= 0.6 is 0 Å². The van der Waals surface area contributed by atoms with Crippen molar-refractivity contribution in [2.75, 3.05) is 11.1 Å². The van der Waals surface area contributed by atoms with E-state index in [-0.39, 0.29) is 24.1 Å². The fourth-order valence-corrected chi connectivity index (χ4v) is 3.96. The number of benzene rings is 2. The number of hydrogen-bond acceptors (Lipinski definition) is 4. The number of aromatic amines is 1. The number of para-hydroxylation sites is 1. The lowest BCUT2D eigenvalue weighted by Crippen LogP contribution is -2.35. The molecule has 7 nitrogen and oxygen atoms in total. The van der Waals surface area contributed by atoms with Gasteiger partial charge < -0.3 is 25.9 Å². The number of nitrogen functional groups attached to an aromatic ring is 1. The molecule has 0 unspecified atom stereocenters. The standard InChI is InChI=1S/C26H29N5O2/c1-17(13-20-5-3-4-6-22(20)27)30-24-9-7-18(2)31(26(24)33)16-25(32)29-15-19-8-10-23-21(14-19)11-12-28-23/h3-12,14,17,28,30H,13,15-16,27H2,1-2H3,(H,29,32)/t17-/m1/s1. The first kappa shape index (κ1) is 22.2. The van der Waals surface area contributed by atoms with Crippen molar-refractivity contribution in [3.8, 4) is 0 Å². The van der Waals surface area contributed by atoms with Crippen molar-refractivity contribution in [2.45, 2.75) is 39.4 Å². The smallest absolute Gasteiger partial charge is 0.274 e. The molecule has 2 aromatic carbocycles. The number of anilines is 2. The van der Waals surface area contributed by atoms with Crippen LogP contribution in [-0.2, 0) is 24.3 Å². The summed E-state index contributed by atoms with van der Waals surface area (Å²) in [7, 11) is 0. The van der Waals surface area contributed by atoms with Crippen molar-refractivity contribution in [1.29, 1.82) is 0 Å². The molecule has 33 heavy (non-hydrogen) atoms. The Morgan fingerprint density at radius 3 is 2.76 bits per heavy atom. The van der Waals surface area contributed by atoms with Crippen molar-refractivity contribution in [3.63, 3.8) is 0 Å². The van der Waals surface area contributed by atoms with E-state index in [1.165, 1.54) is 4.57 Å². The molecule has 0 fully saturated rings. The van der Waals surface area contributed by atoms with Gasteiger partial charge in [-0.05, 0) is 73.2 Å². The van der Waals surface area contributed by atoms with Gasteiger partial charge in [-0.15, -0.1) is 0 Å². The quantitative estimate of drug-likeness (QED) is 0.312. The lowest BCUT2D eigenvalue weighted by molar-refractivity contribution is -0.121. The molecular formula is C26H29N5O2. The third-order valence-corrected chi connectivity index (χ3v) is 5.78. The molecule has 5 N–H and O–H groups in total. The Morgan fingerprint density at radius 2 is 1.94 bits per heavy atom. The lowest BCUT2D eigenvalue weighted by atomic mass is 10.1. The number of hydrogen-bond donors (Lipinski definition) is 4. The number of pyridine rings is 1. The Bertz CT molecular complexity index is 1340. The molecular weight excluding hydrogens is 414 g/mol. The van der Waals surface area contributed by atoms with Gasteiger partial charge in [0.1, 0.15) is 12.2 Å². The number of carbonyl (C=O) groups is 1. The Labute approximate surface area is 192 Å². The van der Waals surface area contributed by atoms with Gasteiger partial charge in [0, 0.05) is 35.7 Å². The minimum absolute atomic E-state index is 0.00395. The molecule has 1 amide bonds. The molecule has 0 aliphatic heterocycles. The first-order valence-electron chi connectivity index (χ1n) is 11.0. The van der Waals surface area contributed by atoms with Gasteiger partial charge in [-0.3, -0.25) is 9.59 Å². The Balaban J connectivity index is 1.40. The van der Waals surface area contributed by atoms with Crippen LogP contribution in [0.4, 0.5) is 11.4 Å². The average Bonchev–Trinajstić information content (AvgIpc) is 3.27. The third kappa shape index (κ3) is 5.26. The van der Waals surface area contributed by atoms with Crippen molar-refractivity contribution < 1.29 is 4.79 Å². The second-order valence-corrected chi connectivity index (χ2v) is 8.40. The van der Waals surface area contributed by atoms with Crippen LogP contribution in [0.25, 0.3) is 10.9 Å². The van der Waals surface area contributed by atoms with Crippen LogP contribution in [0.1, 0.15) is 23.7 Å². The number of aryl methyl sites for hydroxylation is 1. The summed E-state index contributed by atoms with van der Waals surface area (Å²) in [5.41, 5.74) is 10.9. The molecule has 0 radical (unpaired) electrons. The number of nitrogens with two attached hydrogens (primary N) is 1. The molecule has 2 aromatic heterocycles. The molecule has 0 saturated carbocycles. The summed E-state index contributed by atoms with van der Waals surface area (Å²) in [6.07, 6.45) is 2.57. The van der Waals surface area contributed by atoms with Crippen LogP contribution in [0.3, 0.4) is 0 Å². The number of rotatable bonds is 8. The van der Waals surface area contributed by atoms with E-state index in [2.05, 4.69) is 15.6 Å². The highest BCUT2D eigenvalue weighted by Gasteiger charge is 2.13. The maximum atomic E-state index is 13.1. The lowest BCUT2D eigenvalue weighted by Gasteiger charge is -2.18. The predicted octanol–water partition coefficient (Wildman–Crippen LogP) is 3.58. The number of carbonyl (C=O) groups excluding carboxylic acids is 1. The van der Waals surface area contributed by atoms with Crippen molar-refractivity contribution in [1.82, 2.24) is 14.9 Å². The summed E-state index contributed by atoms with van der Waals surface area (Å²) >= 11 is 0. The van der Waals surface area contributed by atoms with Crippen LogP contribution in [-0.4, -0.2) is 21.5 Å². The largest absolute Gasteiger partial charge is 0.399 e. The molecule has 0 aliphatic rings. The minimum Gasteiger partial charge on any atom is -0.399 e. The van der Waals surface area contributed by atoms with E-state index in [9.17, 15) is 9.59 Å². The first-order chi connectivity index (χ1) is 15.9. The average molecular weight is 444 g/mol. The van der Waals surface area contributed by atoms with Gasteiger partial charge in [-0.2, -0.15) is 0 Å². The minimum atomic E-state index is -0.216. The van der Waals surface area contributed by atoms with Crippen LogP contribution in [0.2, 0.25) is 0 Å². The number of aromatic nitrogens is 2. The highest BCUT2D eigenvalue weighted by Crippen LogP contribution is 2.16. The van der Waals surface area contributed by atoms with E-state index >= 15 is 0 Å². The molecule has 0 saturated heterocycles. The highest BCUT2D eigenvalue weighted by atomic mass is 16.2. The fraction of sp³-hybridized carbons (Fsp3) is 0.231. The summed E-state index contributed by atoms with van der Waals surface area (Å²) in [5.74, 6) is -0.211. The summed E-state index contributed by atoms with van der Waals surface area (Å²) in [6, 6.07) is 19.3. The second-order valence-electron chi connectivity index (χ2n) is 8.40. The van der Waals surface area contributed by atoms with E-state index < -0.39 is 0 Å². The molecule has 0 aliphatic carbocycles. The zero-order chi connectivity index (χ0) is 23.4. The molecule has 4 aromatic rings. The molecule has 2 heterocycles. The van der Waals surface area contributed by atoms with Gasteiger partial charge in [0.15, 0.2) is 0 Å². The first-order valence-corrected chi connectivity index (χ1v) is 11.0. The summed E-state index contributed by atoms with van der Waals surface area (Å²) in [6.45, 7) is 4.20. The highest BCUT2D eigenvalue weighted by molar-refractivity contribution is 5.80. The SMILES string of the molecule is Cc1ccc(N[C@H](C)Cc2ccccc2N)c(=O)n1CC(=O)NCc1ccc2[nH]ccc2c1. The van der Waals surface area contributed by atoms with Gasteiger partial charge in [-0.25, -0.2) is 0 Å². The van der Waals surface area contributed by atoms with E-state index in [0.717, 1.165) is 33.4 Å². The zero-order valence-electron chi connectivity index (χ0n) is 18.9. The maximum absolute atomic E-state index is 13.1. The molecule has 1 atom stereocenters. The number of fused-ring (bicyclic) bond motifs is 1. The van der Waals surface area contributed by atoms with E-state index in [4.69, 9.17) is 5.73 Å². The summed E-state index contributed by atoms with van der Waals surface area (Å²) < 4.78 is 1.50. The Hall–Kier alpha value is -4.00. The van der Waals surface area contributed by atoms with Crippen LogP contribution < -0.4 is 21.9 Å².